The van der Waals surface area contributed by atoms with Crippen molar-refractivity contribution in [3.05, 3.63) is 29.3 Å². The second kappa shape index (κ2) is 3.92. The Morgan fingerprint density at radius 3 is 2.67 bits per heavy atom. The molecule has 0 saturated carbocycles. The van der Waals surface area contributed by atoms with Gasteiger partial charge in [-0.15, -0.1) is 0 Å². The molecule has 12 heavy (non-hydrogen) atoms. The summed E-state index contributed by atoms with van der Waals surface area (Å²) in [6.45, 7) is 1.82. The van der Waals surface area contributed by atoms with Crippen molar-refractivity contribution in [3.63, 3.8) is 0 Å². The monoisotopic (exact) mass is 230 g/mol. The molecule has 1 rings (SSSR count). The highest BCUT2D eigenvalue weighted by molar-refractivity contribution is 9.09. The molecule has 2 nitrogen and oxygen atoms in total. The minimum Gasteiger partial charge on any atom is -0.508 e. The number of aryl methyl sites for hydroxylation is 1. The summed E-state index contributed by atoms with van der Waals surface area (Å²) in [4.78, 5) is 0. The van der Waals surface area contributed by atoms with Gasteiger partial charge in [0.15, 0.2) is 0 Å². The number of aromatic hydroxyl groups is 1. The van der Waals surface area contributed by atoms with Gasteiger partial charge >= 0.3 is 0 Å². The smallest absolute Gasteiger partial charge is 0.118 e. The summed E-state index contributed by atoms with van der Waals surface area (Å²) in [5, 5.41) is 19.2. The number of phenols is 1. The van der Waals surface area contributed by atoms with Crippen LogP contribution in [0.1, 0.15) is 17.2 Å². The third-order valence-corrected chi connectivity index (χ3v) is 2.38. The molecular weight excluding hydrogens is 220 g/mol. The van der Waals surface area contributed by atoms with E-state index in [0.717, 1.165) is 11.1 Å². The number of rotatable bonds is 2. The minimum absolute atomic E-state index is 0.229. The van der Waals surface area contributed by atoms with Gasteiger partial charge in [-0.1, -0.05) is 28.1 Å². The quantitative estimate of drug-likeness (QED) is 0.765. The topological polar surface area (TPSA) is 40.5 Å². The average molecular weight is 231 g/mol. The lowest BCUT2D eigenvalue weighted by atomic mass is 10.1. The molecule has 2 N–H and O–H groups in total. The number of benzene rings is 1. The summed E-state index contributed by atoms with van der Waals surface area (Å²) in [5.41, 5.74) is 1.55. The Balaban J connectivity index is 2.96. The first-order valence-corrected chi connectivity index (χ1v) is 4.81. The Kier molecular flexibility index (Phi) is 3.12. The van der Waals surface area contributed by atoms with Gasteiger partial charge in [0.1, 0.15) is 5.75 Å². The Labute approximate surface area is 80.0 Å². The van der Waals surface area contributed by atoms with Gasteiger partial charge in [0, 0.05) is 5.33 Å². The highest BCUT2D eigenvalue weighted by atomic mass is 79.9. The predicted octanol–water partition coefficient (Wildman–Crippen LogP) is 2.13. The second-order valence-corrected chi connectivity index (χ2v) is 3.36. The van der Waals surface area contributed by atoms with E-state index in [-0.39, 0.29) is 5.75 Å². The van der Waals surface area contributed by atoms with Gasteiger partial charge in [0.05, 0.1) is 6.10 Å². The van der Waals surface area contributed by atoms with E-state index in [1.54, 1.807) is 18.2 Å². The number of halogens is 1. The zero-order valence-corrected chi connectivity index (χ0v) is 8.37. The summed E-state index contributed by atoms with van der Waals surface area (Å²) in [5.74, 6) is 0.229. The lowest BCUT2D eigenvalue weighted by Crippen LogP contribution is -1.97. The average Bonchev–Trinajstić information content (AvgIpc) is 2.08. The number of hydrogen-bond acceptors (Lipinski definition) is 2. The van der Waals surface area contributed by atoms with Crippen LogP contribution in [-0.4, -0.2) is 15.5 Å². The highest BCUT2D eigenvalue weighted by Crippen LogP contribution is 2.22. The van der Waals surface area contributed by atoms with E-state index < -0.39 is 6.10 Å². The Morgan fingerprint density at radius 1 is 1.50 bits per heavy atom. The number of alkyl halides is 1. The number of aliphatic hydroxyl groups is 1. The third kappa shape index (κ3) is 1.99. The van der Waals surface area contributed by atoms with Crippen molar-refractivity contribution in [3.8, 4) is 5.75 Å². The van der Waals surface area contributed by atoms with Crippen molar-refractivity contribution < 1.29 is 10.2 Å². The van der Waals surface area contributed by atoms with Crippen LogP contribution < -0.4 is 0 Å². The molecule has 0 amide bonds. The summed E-state index contributed by atoms with van der Waals surface area (Å²) < 4.78 is 0. The molecule has 0 aliphatic rings. The second-order valence-electron chi connectivity index (χ2n) is 2.72. The summed E-state index contributed by atoms with van der Waals surface area (Å²) >= 11 is 3.16. The Hall–Kier alpha value is -0.540. The molecule has 0 bridgehead atoms. The fourth-order valence-electron chi connectivity index (χ4n) is 0.923. The molecule has 1 unspecified atom stereocenters. The third-order valence-electron chi connectivity index (χ3n) is 1.76. The van der Waals surface area contributed by atoms with Crippen molar-refractivity contribution in [1.29, 1.82) is 0 Å². The first-order valence-electron chi connectivity index (χ1n) is 3.68. The van der Waals surface area contributed by atoms with Crippen LogP contribution in [0, 0.1) is 6.92 Å². The molecule has 3 heteroatoms. The maximum Gasteiger partial charge on any atom is 0.118 e. The van der Waals surface area contributed by atoms with Crippen LogP contribution in [-0.2, 0) is 0 Å². The summed E-state index contributed by atoms with van der Waals surface area (Å²) in [7, 11) is 0. The Morgan fingerprint density at radius 2 is 2.17 bits per heavy atom. The molecule has 1 atom stereocenters. The van der Waals surface area contributed by atoms with Crippen LogP contribution in [0.3, 0.4) is 0 Å². The molecular formula is C9H11BrO2. The van der Waals surface area contributed by atoms with Crippen LogP contribution in [0.4, 0.5) is 0 Å². The zero-order chi connectivity index (χ0) is 9.14. The van der Waals surface area contributed by atoms with Crippen molar-refractivity contribution >= 4 is 15.9 Å². The summed E-state index contributed by atoms with van der Waals surface area (Å²) in [6, 6.07) is 5.18. The van der Waals surface area contributed by atoms with E-state index in [1.807, 2.05) is 6.92 Å². The fourth-order valence-corrected chi connectivity index (χ4v) is 1.30. The van der Waals surface area contributed by atoms with Gasteiger partial charge in [0.25, 0.3) is 0 Å². The SMILES string of the molecule is Cc1ccc(C(O)CBr)cc1O. The van der Waals surface area contributed by atoms with Crippen LogP contribution in [0.5, 0.6) is 5.75 Å². The lowest BCUT2D eigenvalue weighted by molar-refractivity contribution is 0.205. The molecule has 0 radical (unpaired) electrons. The van der Waals surface area contributed by atoms with E-state index in [0.29, 0.717) is 5.33 Å². The normalized spacial score (nSPS) is 12.9. The lowest BCUT2D eigenvalue weighted by Gasteiger charge is -2.08. The highest BCUT2D eigenvalue weighted by Gasteiger charge is 2.06. The minimum atomic E-state index is -0.545. The van der Waals surface area contributed by atoms with E-state index >= 15 is 0 Å². The van der Waals surface area contributed by atoms with Crippen molar-refractivity contribution in [2.45, 2.75) is 13.0 Å². The molecule has 0 aliphatic heterocycles. The maximum atomic E-state index is 9.39. The molecule has 0 aromatic heterocycles. The number of phenolic OH excluding ortho intramolecular Hbond substituents is 1. The first-order chi connectivity index (χ1) is 5.65. The molecule has 1 aromatic carbocycles. The van der Waals surface area contributed by atoms with Crippen LogP contribution in [0.25, 0.3) is 0 Å². The van der Waals surface area contributed by atoms with Crippen LogP contribution in [0.2, 0.25) is 0 Å². The summed E-state index contributed by atoms with van der Waals surface area (Å²) in [6.07, 6.45) is -0.545. The van der Waals surface area contributed by atoms with E-state index in [4.69, 9.17) is 0 Å². The van der Waals surface area contributed by atoms with Gasteiger partial charge in [-0.25, -0.2) is 0 Å². The van der Waals surface area contributed by atoms with Crippen molar-refractivity contribution in [1.82, 2.24) is 0 Å². The van der Waals surface area contributed by atoms with E-state index in [9.17, 15) is 10.2 Å². The standard InChI is InChI=1S/C9H11BrO2/c1-6-2-3-7(4-8(6)11)9(12)5-10/h2-4,9,11-12H,5H2,1H3. The first kappa shape index (κ1) is 9.55. The van der Waals surface area contributed by atoms with Gasteiger partial charge in [-0.2, -0.15) is 0 Å². The van der Waals surface area contributed by atoms with Gasteiger partial charge in [-0.05, 0) is 24.1 Å². The number of hydrogen-bond donors (Lipinski definition) is 2. The fraction of sp³-hybridized carbons (Fsp3) is 0.333. The molecule has 66 valence electrons. The molecule has 1 aromatic rings. The van der Waals surface area contributed by atoms with Gasteiger partial charge in [0.2, 0.25) is 0 Å². The number of aliphatic hydroxyl groups excluding tert-OH is 1. The molecule has 0 spiro atoms. The zero-order valence-electron chi connectivity index (χ0n) is 6.79. The molecule has 0 saturated heterocycles. The molecule has 0 fully saturated rings. The Bertz CT molecular complexity index is 273. The van der Waals surface area contributed by atoms with Gasteiger partial charge in [-0.3, -0.25) is 0 Å². The van der Waals surface area contributed by atoms with Gasteiger partial charge < -0.3 is 10.2 Å². The largest absolute Gasteiger partial charge is 0.508 e. The van der Waals surface area contributed by atoms with E-state index in [1.165, 1.54) is 0 Å². The van der Waals surface area contributed by atoms with E-state index in [2.05, 4.69) is 15.9 Å². The van der Waals surface area contributed by atoms with Crippen LogP contribution in [0.15, 0.2) is 18.2 Å². The molecule has 0 heterocycles. The van der Waals surface area contributed by atoms with Crippen molar-refractivity contribution in [2.24, 2.45) is 0 Å². The van der Waals surface area contributed by atoms with Crippen molar-refractivity contribution in [2.75, 3.05) is 5.33 Å². The maximum absolute atomic E-state index is 9.39. The molecule has 0 aliphatic carbocycles. The predicted molar refractivity (Wildman–Crippen MR) is 51.6 cm³/mol. The van der Waals surface area contributed by atoms with Crippen LogP contribution >= 0.6 is 15.9 Å².